The molecular weight excluding hydrogens is 276 g/mol. The Hall–Kier alpha value is -1.63. The first-order chi connectivity index (χ1) is 9.04. The Bertz CT molecular complexity index is 498. The second-order valence-corrected chi connectivity index (χ2v) is 5.16. The van der Waals surface area contributed by atoms with Crippen molar-refractivity contribution in [3.8, 4) is 0 Å². The van der Waals surface area contributed by atoms with Gasteiger partial charge in [0.05, 0.1) is 11.0 Å². The van der Waals surface area contributed by atoms with E-state index >= 15 is 0 Å². The number of hydrogen-bond acceptors (Lipinski definition) is 2. The van der Waals surface area contributed by atoms with Crippen LogP contribution in [-0.2, 0) is 17.5 Å². The number of rotatable bonds is 5. The van der Waals surface area contributed by atoms with Gasteiger partial charge in [0.2, 0.25) is 5.91 Å². The van der Waals surface area contributed by atoms with Crippen molar-refractivity contribution >= 4 is 5.91 Å². The molecule has 0 aliphatic rings. The lowest BCUT2D eigenvalue weighted by atomic mass is 9.93. The van der Waals surface area contributed by atoms with Crippen molar-refractivity contribution in [1.82, 2.24) is 5.32 Å². The highest BCUT2D eigenvalue weighted by molar-refractivity contribution is 5.80. The Morgan fingerprint density at radius 3 is 2.40 bits per heavy atom. The molecule has 0 saturated carbocycles. The van der Waals surface area contributed by atoms with Gasteiger partial charge in [-0.05, 0) is 31.5 Å². The Kier molecular flexibility index (Phi) is 4.75. The molecule has 0 radical (unpaired) electrons. The molecule has 0 bridgehead atoms. The molecule has 1 aromatic carbocycles. The fourth-order valence-electron chi connectivity index (χ4n) is 1.51. The number of nitrogens with two attached hydrogens (primary N) is 1. The van der Waals surface area contributed by atoms with E-state index in [1.54, 1.807) is 13.8 Å². The lowest BCUT2D eigenvalue weighted by Gasteiger charge is -2.21. The highest BCUT2D eigenvalue weighted by atomic mass is 19.4. The van der Waals surface area contributed by atoms with Crippen LogP contribution in [0.5, 0.6) is 0 Å². The molecule has 112 valence electrons. The summed E-state index contributed by atoms with van der Waals surface area (Å²) in [7, 11) is 0. The van der Waals surface area contributed by atoms with Gasteiger partial charge in [0.15, 0.2) is 0 Å². The highest BCUT2D eigenvalue weighted by Gasteiger charge is 2.34. The molecule has 0 saturated heterocycles. The topological polar surface area (TPSA) is 55.1 Å². The minimum atomic E-state index is -4.73. The number of primary amides is 1. The van der Waals surface area contributed by atoms with E-state index in [4.69, 9.17) is 5.73 Å². The quantitative estimate of drug-likeness (QED) is 0.819. The minimum absolute atomic E-state index is 0.0834. The number of halogens is 4. The maximum absolute atomic E-state index is 13.1. The number of carbonyl (C=O) groups is 1. The SMILES string of the molecule is CC(C)(CNCc1ccc(F)c(C(F)(F)F)c1)C(N)=O. The third kappa shape index (κ3) is 4.19. The van der Waals surface area contributed by atoms with Gasteiger partial charge in [-0.15, -0.1) is 0 Å². The first-order valence-electron chi connectivity index (χ1n) is 5.90. The molecule has 0 heterocycles. The van der Waals surface area contributed by atoms with Crippen molar-refractivity contribution in [1.29, 1.82) is 0 Å². The summed E-state index contributed by atoms with van der Waals surface area (Å²) in [5, 5.41) is 2.83. The standard InChI is InChI=1S/C13H16F4N2O/c1-12(2,11(18)20)7-19-6-8-3-4-10(14)9(5-8)13(15,16)17/h3-5,19H,6-7H2,1-2H3,(H2,18,20). The molecule has 1 rings (SSSR count). The van der Waals surface area contributed by atoms with E-state index in [9.17, 15) is 22.4 Å². The van der Waals surface area contributed by atoms with Gasteiger partial charge >= 0.3 is 6.18 Å². The second-order valence-electron chi connectivity index (χ2n) is 5.16. The summed E-state index contributed by atoms with van der Waals surface area (Å²) in [5.74, 6) is -1.82. The van der Waals surface area contributed by atoms with E-state index < -0.39 is 28.9 Å². The van der Waals surface area contributed by atoms with Crippen LogP contribution in [0.15, 0.2) is 18.2 Å². The van der Waals surface area contributed by atoms with Crippen LogP contribution in [0.4, 0.5) is 17.6 Å². The van der Waals surface area contributed by atoms with Crippen LogP contribution in [0.25, 0.3) is 0 Å². The van der Waals surface area contributed by atoms with Crippen molar-refractivity contribution in [3.05, 3.63) is 35.1 Å². The molecule has 3 N–H and O–H groups in total. The van der Waals surface area contributed by atoms with E-state index in [2.05, 4.69) is 5.32 Å². The predicted octanol–water partition coefficient (Wildman–Crippen LogP) is 2.45. The lowest BCUT2D eigenvalue weighted by Crippen LogP contribution is -2.40. The molecule has 0 spiro atoms. The average molecular weight is 292 g/mol. The number of alkyl halides is 3. The molecule has 3 nitrogen and oxygen atoms in total. The summed E-state index contributed by atoms with van der Waals surface area (Å²) < 4.78 is 50.7. The van der Waals surface area contributed by atoms with Crippen LogP contribution >= 0.6 is 0 Å². The minimum Gasteiger partial charge on any atom is -0.369 e. The molecule has 0 atom stereocenters. The molecule has 0 fully saturated rings. The summed E-state index contributed by atoms with van der Waals surface area (Å²) in [6, 6.07) is 2.79. The third-order valence-electron chi connectivity index (χ3n) is 2.90. The van der Waals surface area contributed by atoms with E-state index in [-0.39, 0.29) is 18.7 Å². The van der Waals surface area contributed by atoms with E-state index in [0.717, 1.165) is 12.1 Å². The zero-order chi connectivity index (χ0) is 15.6. The zero-order valence-electron chi connectivity index (χ0n) is 11.1. The normalized spacial score (nSPS) is 12.5. The lowest BCUT2D eigenvalue weighted by molar-refractivity contribution is -0.140. The molecule has 0 aliphatic heterocycles. The van der Waals surface area contributed by atoms with Gasteiger partial charge in [0, 0.05) is 13.1 Å². The van der Waals surface area contributed by atoms with Gasteiger partial charge < -0.3 is 11.1 Å². The van der Waals surface area contributed by atoms with Crippen LogP contribution < -0.4 is 11.1 Å². The number of carbonyl (C=O) groups excluding carboxylic acids is 1. The van der Waals surface area contributed by atoms with Gasteiger partial charge in [-0.1, -0.05) is 6.07 Å². The zero-order valence-corrected chi connectivity index (χ0v) is 11.1. The summed E-state index contributed by atoms with van der Waals surface area (Å²) >= 11 is 0. The number of amides is 1. The van der Waals surface area contributed by atoms with Crippen LogP contribution in [0.2, 0.25) is 0 Å². The fraction of sp³-hybridized carbons (Fsp3) is 0.462. The van der Waals surface area contributed by atoms with E-state index in [1.807, 2.05) is 0 Å². The number of nitrogens with one attached hydrogen (secondary N) is 1. The van der Waals surface area contributed by atoms with Gasteiger partial charge in [-0.25, -0.2) is 4.39 Å². The maximum atomic E-state index is 13.1. The molecule has 20 heavy (non-hydrogen) atoms. The molecule has 0 aromatic heterocycles. The summed E-state index contributed by atoms with van der Waals surface area (Å²) in [6.07, 6.45) is -4.73. The summed E-state index contributed by atoms with van der Waals surface area (Å²) in [5.41, 5.74) is 3.34. The van der Waals surface area contributed by atoms with Gasteiger partial charge in [-0.3, -0.25) is 4.79 Å². The van der Waals surface area contributed by atoms with Crippen molar-refractivity contribution in [2.24, 2.45) is 11.1 Å². The average Bonchev–Trinajstić information content (AvgIpc) is 2.29. The van der Waals surface area contributed by atoms with Crippen LogP contribution in [0, 0.1) is 11.2 Å². The van der Waals surface area contributed by atoms with Crippen molar-refractivity contribution < 1.29 is 22.4 Å². The third-order valence-corrected chi connectivity index (χ3v) is 2.90. The fourth-order valence-corrected chi connectivity index (χ4v) is 1.51. The Balaban J connectivity index is 2.73. The Morgan fingerprint density at radius 2 is 1.90 bits per heavy atom. The Labute approximate surface area is 114 Å². The van der Waals surface area contributed by atoms with E-state index in [1.165, 1.54) is 6.07 Å². The molecule has 0 unspecified atom stereocenters. The van der Waals surface area contributed by atoms with Gasteiger partial charge in [0.1, 0.15) is 5.82 Å². The molecule has 1 amide bonds. The first-order valence-corrected chi connectivity index (χ1v) is 5.90. The monoisotopic (exact) mass is 292 g/mol. The number of hydrogen-bond donors (Lipinski definition) is 2. The summed E-state index contributed by atoms with van der Waals surface area (Å²) in [6.45, 7) is 3.53. The van der Waals surface area contributed by atoms with E-state index in [0.29, 0.717) is 0 Å². The number of benzene rings is 1. The first kappa shape index (κ1) is 16.4. The van der Waals surface area contributed by atoms with Crippen LogP contribution in [0.3, 0.4) is 0 Å². The molecular formula is C13H16F4N2O. The van der Waals surface area contributed by atoms with Gasteiger partial charge in [-0.2, -0.15) is 13.2 Å². The largest absolute Gasteiger partial charge is 0.419 e. The second kappa shape index (κ2) is 5.78. The van der Waals surface area contributed by atoms with Crippen LogP contribution in [-0.4, -0.2) is 12.5 Å². The van der Waals surface area contributed by atoms with Crippen molar-refractivity contribution in [3.63, 3.8) is 0 Å². The Morgan fingerprint density at radius 1 is 1.30 bits per heavy atom. The molecule has 7 heteroatoms. The smallest absolute Gasteiger partial charge is 0.369 e. The molecule has 1 aromatic rings. The molecule has 0 aliphatic carbocycles. The van der Waals surface area contributed by atoms with Crippen LogP contribution in [0.1, 0.15) is 25.0 Å². The highest BCUT2D eigenvalue weighted by Crippen LogP contribution is 2.31. The van der Waals surface area contributed by atoms with Crippen molar-refractivity contribution in [2.45, 2.75) is 26.6 Å². The predicted molar refractivity (Wildman–Crippen MR) is 66.1 cm³/mol. The summed E-state index contributed by atoms with van der Waals surface area (Å²) in [4.78, 5) is 11.1. The maximum Gasteiger partial charge on any atom is 0.419 e. The van der Waals surface area contributed by atoms with Gasteiger partial charge in [0.25, 0.3) is 0 Å². The van der Waals surface area contributed by atoms with Crippen molar-refractivity contribution in [2.75, 3.05) is 6.54 Å².